The molecule has 0 aliphatic carbocycles. The maximum absolute atomic E-state index is 12.8. The van der Waals surface area contributed by atoms with Crippen LogP contribution in [0.4, 0.5) is 5.82 Å². The number of fused-ring (bicyclic) bond motifs is 2. The Morgan fingerprint density at radius 1 is 0.920 bits per heavy atom. The van der Waals surface area contributed by atoms with Crippen molar-refractivity contribution in [1.82, 2.24) is 24.6 Å². The molecule has 7 rings (SSSR count). The standard InChI is InChI=1S/C39H41ClN6O3S/c1-22-18-30-36(34(24-8-11-27(40)12-9-24)33(22)35(38(47)48)49-39(3,4)5)50-37(42-30)26-20-29(41-32(21-26)46-16-14-44(6)15-17-46)25-10-13-31-28(19-25)23(2)43-45(31)7/h8-13,18-21,35H,14-17H2,1-7H3,(H,47,48)/t35-/m0/s1. The van der Waals surface area contributed by atoms with Crippen LogP contribution in [-0.4, -0.2) is 74.6 Å². The average Bonchev–Trinajstić information content (AvgIpc) is 3.62. The maximum atomic E-state index is 12.8. The fraction of sp³-hybridized carbons (Fsp3) is 0.333. The monoisotopic (exact) mass is 708 g/mol. The fourth-order valence-electron chi connectivity index (χ4n) is 6.75. The number of carbonyl (C=O) groups is 1. The Labute approximate surface area is 301 Å². The zero-order valence-electron chi connectivity index (χ0n) is 29.4. The molecule has 50 heavy (non-hydrogen) atoms. The molecule has 258 valence electrons. The molecule has 3 aromatic heterocycles. The molecule has 1 aliphatic rings. The summed E-state index contributed by atoms with van der Waals surface area (Å²) in [5.74, 6) is -0.133. The number of ether oxygens (including phenoxy) is 1. The SMILES string of the molecule is Cc1cc2nc(-c3cc(-c4ccc5c(c4)c(C)nn5C)nc(N4CCN(C)CC4)c3)sc2c(-c2ccc(Cl)cc2)c1[C@H](OC(C)(C)C)C(=O)O. The van der Waals surface area contributed by atoms with Crippen LogP contribution in [0.2, 0.25) is 5.02 Å². The van der Waals surface area contributed by atoms with Gasteiger partial charge in [0, 0.05) is 65.9 Å². The van der Waals surface area contributed by atoms with E-state index in [1.165, 1.54) is 0 Å². The van der Waals surface area contributed by atoms with Gasteiger partial charge >= 0.3 is 5.97 Å². The Morgan fingerprint density at radius 2 is 1.62 bits per heavy atom. The molecule has 0 unspecified atom stereocenters. The van der Waals surface area contributed by atoms with E-state index in [1.807, 2.05) is 76.7 Å². The van der Waals surface area contributed by atoms with Crippen molar-refractivity contribution in [3.05, 3.63) is 82.5 Å². The summed E-state index contributed by atoms with van der Waals surface area (Å²) in [6, 6.07) is 20.1. The summed E-state index contributed by atoms with van der Waals surface area (Å²) in [5, 5.41) is 17.7. The molecular weight excluding hydrogens is 668 g/mol. The van der Waals surface area contributed by atoms with Crippen LogP contribution in [0.25, 0.3) is 54.1 Å². The maximum Gasteiger partial charge on any atom is 0.337 e. The van der Waals surface area contributed by atoms with E-state index in [1.54, 1.807) is 11.3 Å². The molecule has 1 saturated heterocycles. The third-order valence-electron chi connectivity index (χ3n) is 9.24. The number of nitrogens with zero attached hydrogens (tertiary/aromatic N) is 6. The molecule has 0 amide bonds. The normalized spacial score (nSPS) is 14.9. The lowest BCUT2D eigenvalue weighted by molar-refractivity contribution is -0.160. The molecule has 3 aromatic carbocycles. The first-order chi connectivity index (χ1) is 23.8. The largest absolute Gasteiger partial charge is 0.479 e. The first kappa shape index (κ1) is 34.1. The third-order valence-corrected chi connectivity index (χ3v) is 10.6. The van der Waals surface area contributed by atoms with Crippen LogP contribution >= 0.6 is 22.9 Å². The number of halogens is 1. The molecule has 0 spiro atoms. The number of carboxylic acids is 1. The van der Waals surface area contributed by atoms with Crippen LogP contribution in [0.1, 0.15) is 43.7 Å². The lowest BCUT2D eigenvalue weighted by Crippen LogP contribution is -2.44. The highest BCUT2D eigenvalue weighted by Gasteiger charge is 2.32. The lowest BCUT2D eigenvalue weighted by atomic mass is 9.91. The minimum absolute atomic E-state index is 0.602. The van der Waals surface area contributed by atoms with Gasteiger partial charge in [-0.05, 0) is 95.3 Å². The minimum atomic E-state index is -1.18. The highest BCUT2D eigenvalue weighted by Crippen LogP contribution is 2.45. The van der Waals surface area contributed by atoms with Crippen LogP contribution in [0, 0.1) is 13.8 Å². The Kier molecular flexibility index (Phi) is 8.92. The second-order valence-electron chi connectivity index (χ2n) is 14.1. The predicted octanol–water partition coefficient (Wildman–Crippen LogP) is 8.54. The number of piperazine rings is 1. The number of hydrogen-bond acceptors (Lipinski definition) is 8. The summed E-state index contributed by atoms with van der Waals surface area (Å²) in [4.78, 5) is 27.9. The summed E-state index contributed by atoms with van der Waals surface area (Å²) < 4.78 is 9.02. The Balaban J connectivity index is 1.44. The van der Waals surface area contributed by atoms with Gasteiger partial charge in [-0.1, -0.05) is 29.8 Å². The predicted molar refractivity (Wildman–Crippen MR) is 203 cm³/mol. The Morgan fingerprint density at radius 3 is 2.30 bits per heavy atom. The molecule has 11 heteroatoms. The number of pyridine rings is 1. The number of aryl methyl sites for hydroxylation is 3. The summed E-state index contributed by atoms with van der Waals surface area (Å²) >= 11 is 7.87. The third kappa shape index (κ3) is 6.60. The second kappa shape index (κ2) is 13.1. The van der Waals surface area contributed by atoms with Crippen LogP contribution in [0.5, 0.6) is 0 Å². The summed E-state index contributed by atoms with van der Waals surface area (Å²) in [6.45, 7) is 13.2. The molecule has 1 atom stereocenters. The van der Waals surface area contributed by atoms with Crippen LogP contribution in [0.15, 0.2) is 60.7 Å². The molecule has 9 nitrogen and oxygen atoms in total. The van der Waals surface area contributed by atoms with Crippen LogP contribution in [0.3, 0.4) is 0 Å². The van der Waals surface area contributed by atoms with Crippen molar-refractivity contribution in [2.24, 2.45) is 7.05 Å². The van der Waals surface area contributed by atoms with Gasteiger partial charge < -0.3 is 19.6 Å². The van der Waals surface area contributed by atoms with Crippen molar-refractivity contribution in [1.29, 1.82) is 0 Å². The molecule has 1 N–H and O–H groups in total. The number of thiazole rings is 1. The highest BCUT2D eigenvalue weighted by atomic mass is 35.5. The smallest absolute Gasteiger partial charge is 0.337 e. The molecule has 6 aromatic rings. The minimum Gasteiger partial charge on any atom is -0.479 e. The van der Waals surface area contributed by atoms with E-state index >= 15 is 0 Å². The van der Waals surface area contributed by atoms with E-state index in [0.717, 1.165) is 97.3 Å². The van der Waals surface area contributed by atoms with Crippen LogP contribution in [-0.2, 0) is 16.6 Å². The van der Waals surface area contributed by atoms with E-state index in [9.17, 15) is 9.90 Å². The molecule has 0 saturated carbocycles. The summed E-state index contributed by atoms with van der Waals surface area (Å²) in [5.41, 5.74) is 8.04. The molecule has 0 bridgehead atoms. The quantitative estimate of drug-likeness (QED) is 0.176. The average molecular weight is 709 g/mol. The van der Waals surface area contributed by atoms with Crippen molar-refractivity contribution in [2.45, 2.75) is 46.3 Å². The zero-order chi connectivity index (χ0) is 35.5. The first-order valence-electron chi connectivity index (χ1n) is 16.8. The number of aliphatic carboxylic acids is 1. The number of rotatable bonds is 7. The van der Waals surface area contributed by atoms with E-state index < -0.39 is 17.7 Å². The Bertz CT molecular complexity index is 2250. The van der Waals surface area contributed by atoms with Crippen molar-refractivity contribution in [3.63, 3.8) is 0 Å². The van der Waals surface area contributed by atoms with Gasteiger partial charge in [0.25, 0.3) is 0 Å². The van der Waals surface area contributed by atoms with Crippen molar-refractivity contribution in [2.75, 3.05) is 38.1 Å². The first-order valence-corrected chi connectivity index (χ1v) is 18.0. The van der Waals surface area contributed by atoms with Crippen molar-refractivity contribution < 1.29 is 14.6 Å². The van der Waals surface area contributed by atoms with E-state index in [0.29, 0.717) is 10.6 Å². The van der Waals surface area contributed by atoms with Gasteiger partial charge in [0.15, 0.2) is 6.10 Å². The van der Waals surface area contributed by atoms with Crippen molar-refractivity contribution in [3.8, 4) is 33.0 Å². The van der Waals surface area contributed by atoms with Gasteiger partial charge in [-0.3, -0.25) is 4.68 Å². The molecule has 0 radical (unpaired) electrons. The number of hydrogen-bond donors (Lipinski definition) is 1. The van der Waals surface area contributed by atoms with Crippen molar-refractivity contribution >= 4 is 55.8 Å². The van der Waals surface area contributed by atoms with Crippen LogP contribution < -0.4 is 4.90 Å². The number of benzene rings is 3. The lowest BCUT2D eigenvalue weighted by Gasteiger charge is -2.33. The number of aromatic nitrogens is 4. The van der Waals surface area contributed by atoms with Gasteiger partial charge in [0.1, 0.15) is 10.8 Å². The van der Waals surface area contributed by atoms with Gasteiger partial charge in [-0.25, -0.2) is 14.8 Å². The zero-order valence-corrected chi connectivity index (χ0v) is 31.0. The number of likely N-dealkylation sites (N-methyl/N-ethyl adjacent to an activating group) is 1. The molecular formula is C39H41ClN6O3S. The van der Waals surface area contributed by atoms with Gasteiger partial charge in [0.2, 0.25) is 0 Å². The topological polar surface area (TPSA) is 96.6 Å². The molecule has 1 aliphatic heterocycles. The fourth-order valence-corrected chi connectivity index (χ4v) is 7.99. The van der Waals surface area contributed by atoms with E-state index in [2.05, 4.69) is 52.3 Å². The van der Waals surface area contributed by atoms with E-state index in [-0.39, 0.29) is 0 Å². The molecule has 4 heterocycles. The van der Waals surface area contributed by atoms with Gasteiger partial charge in [-0.2, -0.15) is 5.10 Å². The number of carboxylic acid groups (broad SMARTS) is 1. The van der Waals surface area contributed by atoms with Gasteiger partial charge in [-0.15, -0.1) is 11.3 Å². The van der Waals surface area contributed by atoms with E-state index in [4.69, 9.17) is 26.3 Å². The van der Waals surface area contributed by atoms with Gasteiger partial charge in [0.05, 0.1) is 32.7 Å². The number of anilines is 1. The highest BCUT2D eigenvalue weighted by molar-refractivity contribution is 7.22. The molecule has 1 fully saturated rings. The summed E-state index contributed by atoms with van der Waals surface area (Å²) in [7, 11) is 4.11. The second-order valence-corrected chi connectivity index (χ2v) is 15.6. The summed E-state index contributed by atoms with van der Waals surface area (Å²) in [6.07, 6.45) is -1.18. The Hall–Kier alpha value is -4.35.